The molecule has 0 aliphatic heterocycles. The Labute approximate surface area is 146 Å². The molecule has 0 saturated heterocycles. The molecule has 0 aliphatic rings. The minimum Gasteiger partial charge on any atom is -0.372 e. The van der Waals surface area contributed by atoms with Crippen LogP contribution in [0.15, 0.2) is 41.8 Å². The van der Waals surface area contributed by atoms with E-state index >= 15 is 0 Å². The second-order valence-corrected chi connectivity index (χ2v) is 6.33. The molecule has 6 heteroatoms. The lowest BCUT2D eigenvalue weighted by molar-refractivity contribution is -0.123. The fourth-order valence-electron chi connectivity index (χ4n) is 2.36. The lowest BCUT2D eigenvalue weighted by Gasteiger charge is -2.21. The zero-order valence-electron chi connectivity index (χ0n) is 14.0. The predicted molar refractivity (Wildman–Crippen MR) is 99.7 cm³/mol. The average Bonchev–Trinajstić information content (AvgIpc) is 3.08. The zero-order chi connectivity index (χ0) is 17.4. The fraction of sp³-hybridized carbons (Fsp3) is 0.333. The molecule has 1 heterocycles. The Hall–Kier alpha value is -2.34. The third kappa shape index (κ3) is 5.38. The standard InChI is InChI=1S/C18H23N3O2S/c1-3-21(4-2)15-9-7-14(8-10-15)20-18(23)13-19-17(22)12-16-6-5-11-24-16/h5-11H,3-4,12-13H2,1-2H3,(H,19,22)(H,20,23). The molecule has 2 rings (SSSR count). The zero-order valence-corrected chi connectivity index (χ0v) is 14.9. The van der Waals surface area contributed by atoms with Crippen LogP contribution in [0.1, 0.15) is 18.7 Å². The Morgan fingerprint density at radius 3 is 2.33 bits per heavy atom. The van der Waals surface area contributed by atoms with Gasteiger partial charge in [0, 0.05) is 29.3 Å². The van der Waals surface area contributed by atoms with Crippen LogP contribution in [0, 0.1) is 0 Å². The highest BCUT2D eigenvalue weighted by molar-refractivity contribution is 7.10. The van der Waals surface area contributed by atoms with Gasteiger partial charge in [0.2, 0.25) is 11.8 Å². The van der Waals surface area contributed by atoms with Crippen molar-refractivity contribution in [2.45, 2.75) is 20.3 Å². The smallest absolute Gasteiger partial charge is 0.243 e. The highest BCUT2D eigenvalue weighted by Gasteiger charge is 2.08. The Bertz CT molecular complexity index is 649. The fourth-order valence-corrected chi connectivity index (χ4v) is 3.07. The quantitative estimate of drug-likeness (QED) is 0.773. The van der Waals surface area contributed by atoms with E-state index in [1.54, 1.807) is 0 Å². The average molecular weight is 345 g/mol. The van der Waals surface area contributed by atoms with Gasteiger partial charge in [-0.25, -0.2) is 0 Å². The van der Waals surface area contributed by atoms with Crippen LogP contribution < -0.4 is 15.5 Å². The minimum atomic E-state index is -0.231. The maximum absolute atomic E-state index is 11.9. The van der Waals surface area contributed by atoms with Crippen molar-refractivity contribution in [3.05, 3.63) is 46.7 Å². The van der Waals surface area contributed by atoms with E-state index in [1.807, 2.05) is 41.8 Å². The first-order valence-electron chi connectivity index (χ1n) is 8.06. The van der Waals surface area contributed by atoms with Crippen molar-refractivity contribution in [1.29, 1.82) is 0 Å². The van der Waals surface area contributed by atoms with Crippen LogP contribution in [0.25, 0.3) is 0 Å². The molecule has 0 bridgehead atoms. The summed E-state index contributed by atoms with van der Waals surface area (Å²) in [5.74, 6) is -0.380. The summed E-state index contributed by atoms with van der Waals surface area (Å²) in [7, 11) is 0. The number of amides is 2. The van der Waals surface area contributed by atoms with Crippen molar-refractivity contribution in [3.8, 4) is 0 Å². The van der Waals surface area contributed by atoms with Crippen LogP contribution in [-0.4, -0.2) is 31.4 Å². The number of nitrogens with zero attached hydrogens (tertiary/aromatic N) is 1. The Kier molecular flexibility index (Phi) is 6.81. The van der Waals surface area contributed by atoms with Crippen molar-refractivity contribution in [2.24, 2.45) is 0 Å². The number of carbonyl (C=O) groups excluding carboxylic acids is 2. The molecule has 0 atom stereocenters. The molecule has 2 N–H and O–H groups in total. The first-order chi connectivity index (χ1) is 11.6. The lowest BCUT2D eigenvalue weighted by atomic mass is 10.2. The number of rotatable bonds is 8. The van der Waals surface area contributed by atoms with Gasteiger partial charge in [0.05, 0.1) is 13.0 Å². The van der Waals surface area contributed by atoms with Crippen LogP contribution >= 0.6 is 11.3 Å². The van der Waals surface area contributed by atoms with Crippen LogP contribution in [0.5, 0.6) is 0 Å². The molecule has 128 valence electrons. The topological polar surface area (TPSA) is 61.4 Å². The summed E-state index contributed by atoms with van der Waals surface area (Å²) in [4.78, 5) is 26.9. The molecule has 2 amide bonds. The summed E-state index contributed by atoms with van der Waals surface area (Å²) in [6, 6.07) is 11.5. The summed E-state index contributed by atoms with van der Waals surface area (Å²) < 4.78 is 0. The van der Waals surface area contributed by atoms with Gasteiger partial charge in [-0.15, -0.1) is 11.3 Å². The number of thiophene rings is 1. The van der Waals surface area contributed by atoms with E-state index in [4.69, 9.17) is 0 Å². The largest absolute Gasteiger partial charge is 0.372 e. The number of nitrogens with one attached hydrogen (secondary N) is 2. The van der Waals surface area contributed by atoms with E-state index in [9.17, 15) is 9.59 Å². The van der Waals surface area contributed by atoms with E-state index in [0.29, 0.717) is 6.42 Å². The number of hydrogen-bond acceptors (Lipinski definition) is 4. The van der Waals surface area contributed by atoms with Gasteiger partial charge in [-0.3, -0.25) is 9.59 Å². The SMILES string of the molecule is CCN(CC)c1ccc(NC(=O)CNC(=O)Cc2cccs2)cc1. The normalized spacial score (nSPS) is 10.2. The maximum Gasteiger partial charge on any atom is 0.243 e. The van der Waals surface area contributed by atoms with Gasteiger partial charge in [0.25, 0.3) is 0 Å². The number of benzene rings is 1. The van der Waals surface area contributed by atoms with Gasteiger partial charge in [0.1, 0.15) is 0 Å². The van der Waals surface area contributed by atoms with Gasteiger partial charge in [-0.2, -0.15) is 0 Å². The second kappa shape index (κ2) is 9.08. The van der Waals surface area contributed by atoms with Crippen molar-refractivity contribution < 1.29 is 9.59 Å². The van der Waals surface area contributed by atoms with Crippen LogP contribution in [0.2, 0.25) is 0 Å². The van der Waals surface area contributed by atoms with Crippen molar-refractivity contribution in [1.82, 2.24) is 5.32 Å². The summed E-state index contributed by atoms with van der Waals surface area (Å²) >= 11 is 1.53. The summed E-state index contributed by atoms with van der Waals surface area (Å²) in [6.07, 6.45) is 0.309. The monoisotopic (exact) mass is 345 g/mol. The molecule has 0 radical (unpaired) electrons. The minimum absolute atomic E-state index is 0.0258. The van der Waals surface area contributed by atoms with Crippen molar-refractivity contribution in [2.75, 3.05) is 29.9 Å². The maximum atomic E-state index is 11.9. The van der Waals surface area contributed by atoms with Gasteiger partial charge in [-0.1, -0.05) is 6.07 Å². The highest BCUT2D eigenvalue weighted by atomic mass is 32.1. The van der Waals surface area contributed by atoms with Crippen LogP contribution in [-0.2, 0) is 16.0 Å². The van der Waals surface area contributed by atoms with Crippen LogP contribution in [0.3, 0.4) is 0 Å². The van der Waals surface area contributed by atoms with Gasteiger partial charge < -0.3 is 15.5 Å². The molecule has 0 spiro atoms. The van der Waals surface area contributed by atoms with Gasteiger partial charge >= 0.3 is 0 Å². The molecular formula is C18H23N3O2S. The summed E-state index contributed by atoms with van der Waals surface area (Å²) in [5.41, 5.74) is 1.85. The Morgan fingerprint density at radius 1 is 1.04 bits per heavy atom. The van der Waals surface area contributed by atoms with E-state index < -0.39 is 0 Å². The molecule has 5 nitrogen and oxygen atoms in total. The Morgan fingerprint density at radius 2 is 1.75 bits per heavy atom. The van der Waals surface area contributed by atoms with E-state index in [1.165, 1.54) is 11.3 Å². The predicted octanol–water partition coefficient (Wildman–Crippen LogP) is 2.89. The summed E-state index contributed by atoms with van der Waals surface area (Å²) in [6.45, 7) is 6.08. The van der Waals surface area contributed by atoms with E-state index in [0.717, 1.165) is 29.3 Å². The first-order valence-corrected chi connectivity index (χ1v) is 8.94. The van der Waals surface area contributed by atoms with E-state index in [2.05, 4.69) is 29.4 Å². The third-order valence-corrected chi connectivity index (χ3v) is 4.52. The summed E-state index contributed by atoms with van der Waals surface area (Å²) in [5, 5.41) is 7.35. The van der Waals surface area contributed by atoms with Crippen molar-refractivity contribution in [3.63, 3.8) is 0 Å². The number of anilines is 2. The molecule has 0 fully saturated rings. The molecule has 0 aliphatic carbocycles. The first kappa shape index (κ1) is 18.0. The van der Waals surface area contributed by atoms with Crippen molar-refractivity contribution >= 4 is 34.5 Å². The second-order valence-electron chi connectivity index (χ2n) is 5.30. The van der Waals surface area contributed by atoms with Gasteiger partial charge in [0.15, 0.2) is 0 Å². The molecule has 24 heavy (non-hydrogen) atoms. The van der Waals surface area contributed by atoms with Crippen LogP contribution in [0.4, 0.5) is 11.4 Å². The molecule has 0 unspecified atom stereocenters. The molecule has 0 saturated carbocycles. The molecule has 1 aromatic carbocycles. The molecular weight excluding hydrogens is 322 g/mol. The molecule has 2 aromatic rings. The molecule has 1 aromatic heterocycles. The lowest BCUT2D eigenvalue weighted by Crippen LogP contribution is -2.33. The van der Waals surface area contributed by atoms with E-state index in [-0.39, 0.29) is 18.4 Å². The third-order valence-electron chi connectivity index (χ3n) is 3.64. The number of carbonyl (C=O) groups is 2. The number of hydrogen-bond donors (Lipinski definition) is 2. The van der Waals surface area contributed by atoms with Gasteiger partial charge in [-0.05, 0) is 49.6 Å². The highest BCUT2D eigenvalue weighted by Crippen LogP contribution is 2.17. The Balaban J connectivity index is 1.78.